The summed E-state index contributed by atoms with van der Waals surface area (Å²) in [6, 6.07) is 20.3. The molecule has 0 spiro atoms. The second-order valence-electron chi connectivity index (χ2n) is 7.51. The topological polar surface area (TPSA) is 68.2 Å². The lowest BCUT2D eigenvalue weighted by Crippen LogP contribution is -2.35. The Labute approximate surface area is 181 Å². The first-order valence-corrected chi connectivity index (χ1v) is 11.6. The van der Waals surface area contributed by atoms with Gasteiger partial charge in [-0.2, -0.15) is 4.31 Å². The van der Waals surface area contributed by atoms with E-state index in [0.717, 1.165) is 23.3 Å². The molecule has 0 saturated heterocycles. The number of aliphatic imine (C=N–C) groups is 1. The Hall–Kier alpha value is -3.16. The average Bonchev–Trinajstić information content (AvgIpc) is 2.82. The lowest BCUT2D eigenvalue weighted by molar-refractivity contribution is 0.171. The van der Waals surface area contributed by atoms with Gasteiger partial charge in [-0.05, 0) is 65.6 Å². The standard InChI is InChI=1S/C24H22N2O4S/c27-31(28,26-12-11-19-3-1-2-4-20(19)17-26)22-8-6-21(7-9-22)25-16-18-5-10-23-24(15-18)30-14-13-29-23/h1-10,15-16H,11-14,17H2. The summed E-state index contributed by atoms with van der Waals surface area (Å²) in [5.41, 5.74) is 3.85. The highest BCUT2D eigenvalue weighted by Crippen LogP contribution is 2.30. The smallest absolute Gasteiger partial charge is 0.243 e. The quantitative estimate of drug-likeness (QED) is 0.583. The Bertz CT molecular complexity index is 1240. The first-order chi connectivity index (χ1) is 15.1. The fourth-order valence-corrected chi connectivity index (χ4v) is 5.24. The zero-order chi connectivity index (χ0) is 21.3. The van der Waals surface area contributed by atoms with Gasteiger partial charge in [0.2, 0.25) is 10.0 Å². The molecule has 0 unspecified atom stereocenters. The Morgan fingerprint density at radius 1 is 0.871 bits per heavy atom. The normalized spacial score (nSPS) is 16.3. The minimum atomic E-state index is -3.55. The third-order valence-electron chi connectivity index (χ3n) is 5.50. The van der Waals surface area contributed by atoms with Crippen molar-refractivity contribution in [2.45, 2.75) is 17.9 Å². The number of sulfonamides is 1. The van der Waals surface area contributed by atoms with Gasteiger partial charge in [-0.15, -0.1) is 0 Å². The van der Waals surface area contributed by atoms with Crippen molar-refractivity contribution in [1.29, 1.82) is 0 Å². The van der Waals surface area contributed by atoms with E-state index in [1.807, 2.05) is 36.4 Å². The molecule has 0 fully saturated rings. The molecule has 3 aromatic carbocycles. The maximum atomic E-state index is 13.1. The van der Waals surface area contributed by atoms with E-state index in [0.29, 0.717) is 37.7 Å². The van der Waals surface area contributed by atoms with Crippen LogP contribution in [-0.2, 0) is 23.0 Å². The van der Waals surface area contributed by atoms with Crippen molar-refractivity contribution in [2.24, 2.45) is 4.99 Å². The highest BCUT2D eigenvalue weighted by Gasteiger charge is 2.28. The van der Waals surface area contributed by atoms with Crippen LogP contribution in [0.4, 0.5) is 5.69 Å². The zero-order valence-electron chi connectivity index (χ0n) is 16.9. The van der Waals surface area contributed by atoms with Gasteiger partial charge >= 0.3 is 0 Å². The molecule has 31 heavy (non-hydrogen) atoms. The van der Waals surface area contributed by atoms with Crippen LogP contribution in [0.5, 0.6) is 11.5 Å². The van der Waals surface area contributed by atoms with Crippen LogP contribution in [-0.4, -0.2) is 38.7 Å². The molecule has 158 valence electrons. The summed E-state index contributed by atoms with van der Waals surface area (Å²) in [6.07, 6.45) is 2.45. The Morgan fingerprint density at radius 3 is 2.42 bits per heavy atom. The number of hydrogen-bond donors (Lipinski definition) is 0. The van der Waals surface area contributed by atoms with Gasteiger partial charge in [-0.1, -0.05) is 24.3 Å². The van der Waals surface area contributed by atoms with Gasteiger partial charge in [-0.25, -0.2) is 8.42 Å². The van der Waals surface area contributed by atoms with Crippen molar-refractivity contribution in [3.05, 3.63) is 83.4 Å². The van der Waals surface area contributed by atoms with Crippen LogP contribution in [0.15, 0.2) is 76.6 Å². The van der Waals surface area contributed by atoms with E-state index in [9.17, 15) is 8.42 Å². The van der Waals surface area contributed by atoms with E-state index in [1.54, 1.807) is 34.8 Å². The van der Waals surface area contributed by atoms with Gasteiger partial charge in [0.25, 0.3) is 0 Å². The summed E-state index contributed by atoms with van der Waals surface area (Å²) in [5, 5.41) is 0. The van der Waals surface area contributed by atoms with Gasteiger partial charge in [0.1, 0.15) is 13.2 Å². The predicted molar refractivity (Wildman–Crippen MR) is 119 cm³/mol. The molecule has 2 aliphatic rings. The molecule has 0 radical (unpaired) electrons. The molecule has 0 atom stereocenters. The van der Waals surface area contributed by atoms with Crippen LogP contribution in [0.2, 0.25) is 0 Å². The summed E-state index contributed by atoms with van der Waals surface area (Å²) in [5.74, 6) is 1.44. The molecule has 2 heterocycles. The van der Waals surface area contributed by atoms with E-state index in [1.165, 1.54) is 5.56 Å². The molecule has 0 N–H and O–H groups in total. The minimum Gasteiger partial charge on any atom is -0.486 e. The molecule has 0 aromatic heterocycles. The van der Waals surface area contributed by atoms with Crippen LogP contribution >= 0.6 is 0 Å². The number of rotatable bonds is 4. The van der Waals surface area contributed by atoms with E-state index < -0.39 is 10.0 Å². The highest BCUT2D eigenvalue weighted by atomic mass is 32.2. The summed E-state index contributed by atoms with van der Waals surface area (Å²) in [6.45, 7) is 1.98. The first kappa shape index (κ1) is 19.8. The maximum Gasteiger partial charge on any atom is 0.243 e. The lowest BCUT2D eigenvalue weighted by Gasteiger charge is -2.28. The van der Waals surface area contributed by atoms with Crippen LogP contribution in [0, 0.1) is 0 Å². The molecule has 0 amide bonds. The fourth-order valence-electron chi connectivity index (χ4n) is 3.82. The van der Waals surface area contributed by atoms with Crippen molar-refractivity contribution in [2.75, 3.05) is 19.8 Å². The monoisotopic (exact) mass is 434 g/mol. The lowest BCUT2D eigenvalue weighted by atomic mass is 10.0. The van der Waals surface area contributed by atoms with Crippen molar-refractivity contribution >= 4 is 21.9 Å². The third kappa shape index (κ3) is 4.06. The van der Waals surface area contributed by atoms with E-state index in [2.05, 4.69) is 11.1 Å². The van der Waals surface area contributed by atoms with Crippen LogP contribution in [0.1, 0.15) is 16.7 Å². The van der Waals surface area contributed by atoms with Crippen molar-refractivity contribution in [1.82, 2.24) is 4.31 Å². The molecule has 6 nitrogen and oxygen atoms in total. The molecule has 3 aromatic rings. The Kier molecular flexibility index (Phi) is 5.21. The Balaban J connectivity index is 1.31. The molecule has 2 aliphatic heterocycles. The summed E-state index contributed by atoms with van der Waals surface area (Å²) < 4.78 is 38.8. The second kappa shape index (κ2) is 8.17. The molecular weight excluding hydrogens is 412 g/mol. The molecule has 0 aliphatic carbocycles. The molecule has 0 saturated carbocycles. The SMILES string of the molecule is O=S(=O)(c1ccc(N=Cc2ccc3c(c2)OCCO3)cc1)N1CCc2ccccc2C1. The number of hydrogen-bond acceptors (Lipinski definition) is 5. The average molecular weight is 435 g/mol. The number of fused-ring (bicyclic) bond motifs is 2. The van der Waals surface area contributed by atoms with Crippen molar-refractivity contribution in [3.8, 4) is 11.5 Å². The number of ether oxygens (including phenoxy) is 2. The molecule has 7 heteroatoms. The molecule has 5 rings (SSSR count). The van der Waals surface area contributed by atoms with E-state index >= 15 is 0 Å². The number of nitrogens with zero attached hydrogens (tertiary/aromatic N) is 2. The van der Waals surface area contributed by atoms with E-state index in [-0.39, 0.29) is 4.90 Å². The maximum absolute atomic E-state index is 13.1. The van der Waals surface area contributed by atoms with Crippen molar-refractivity contribution in [3.63, 3.8) is 0 Å². The molecular formula is C24H22N2O4S. The van der Waals surface area contributed by atoms with E-state index in [4.69, 9.17) is 9.47 Å². The second-order valence-corrected chi connectivity index (χ2v) is 9.45. The van der Waals surface area contributed by atoms with Crippen LogP contribution in [0.3, 0.4) is 0 Å². The van der Waals surface area contributed by atoms with Gasteiger partial charge < -0.3 is 9.47 Å². The predicted octanol–water partition coefficient (Wildman–Crippen LogP) is 3.96. The van der Waals surface area contributed by atoms with Crippen LogP contribution < -0.4 is 9.47 Å². The van der Waals surface area contributed by atoms with Gasteiger partial charge in [0.15, 0.2) is 11.5 Å². The van der Waals surface area contributed by atoms with Crippen molar-refractivity contribution < 1.29 is 17.9 Å². The third-order valence-corrected chi connectivity index (χ3v) is 7.36. The highest BCUT2D eigenvalue weighted by molar-refractivity contribution is 7.89. The zero-order valence-corrected chi connectivity index (χ0v) is 17.7. The summed E-state index contributed by atoms with van der Waals surface area (Å²) in [7, 11) is -3.55. The van der Waals surface area contributed by atoms with Gasteiger partial charge in [-0.3, -0.25) is 4.99 Å². The first-order valence-electron chi connectivity index (χ1n) is 10.2. The Morgan fingerprint density at radius 2 is 1.61 bits per heavy atom. The summed E-state index contributed by atoms with van der Waals surface area (Å²) in [4.78, 5) is 4.74. The fraction of sp³-hybridized carbons (Fsp3) is 0.208. The minimum absolute atomic E-state index is 0.283. The molecule has 0 bridgehead atoms. The largest absolute Gasteiger partial charge is 0.486 e. The van der Waals surface area contributed by atoms with Crippen LogP contribution in [0.25, 0.3) is 0 Å². The van der Waals surface area contributed by atoms with Gasteiger partial charge in [0, 0.05) is 19.3 Å². The summed E-state index contributed by atoms with van der Waals surface area (Å²) >= 11 is 0. The van der Waals surface area contributed by atoms with Gasteiger partial charge in [0.05, 0.1) is 10.6 Å². The number of benzene rings is 3.